The minimum Gasteiger partial charge on any atom is -0.309 e. The van der Waals surface area contributed by atoms with Gasteiger partial charge >= 0.3 is 0 Å². The molecule has 1 unspecified atom stereocenters. The summed E-state index contributed by atoms with van der Waals surface area (Å²) in [7, 11) is -3.00. The van der Waals surface area contributed by atoms with Gasteiger partial charge in [0.1, 0.15) is 9.84 Å². The Morgan fingerprint density at radius 1 is 1.50 bits per heavy atom. The molecule has 1 aromatic heterocycles. The van der Waals surface area contributed by atoms with E-state index in [2.05, 4.69) is 37.2 Å². The molecule has 0 amide bonds. The number of hydrogen-bond donors (Lipinski definition) is 1. The first-order chi connectivity index (χ1) is 7.33. The van der Waals surface area contributed by atoms with Crippen molar-refractivity contribution in [2.45, 2.75) is 13.0 Å². The fourth-order valence-corrected chi connectivity index (χ4v) is 5.28. The molecule has 0 saturated carbocycles. The van der Waals surface area contributed by atoms with Crippen molar-refractivity contribution < 1.29 is 8.42 Å². The SMILES string of the molecule is CCNC(CS(C)(=O)=O)c1cc(Br)sc1Br. The van der Waals surface area contributed by atoms with Gasteiger partial charge in [-0.2, -0.15) is 0 Å². The molecule has 0 saturated heterocycles. The molecular weight excluding hydrogens is 378 g/mol. The lowest BCUT2D eigenvalue weighted by Crippen LogP contribution is -2.27. The second-order valence-corrected chi connectivity index (χ2v) is 9.42. The molecule has 1 heterocycles. The third-order valence-electron chi connectivity index (χ3n) is 1.98. The zero-order chi connectivity index (χ0) is 12.3. The van der Waals surface area contributed by atoms with Gasteiger partial charge in [0.2, 0.25) is 0 Å². The Balaban J connectivity index is 2.98. The number of halogens is 2. The van der Waals surface area contributed by atoms with Gasteiger partial charge in [-0.1, -0.05) is 6.92 Å². The Bertz CT molecular complexity index is 456. The van der Waals surface area contributed by atoms with Crippen LogP contribution in [0.3, 0.4) is 0 Å². The van der Waals surface area contributed by atoms with Crippen molar-refractivity contribution in [1.29, 1.82) is 0 Å². The number of nitrogens with one attached hydrogen (secondary N) is 1. The van der Waals surface area contributed by atoms with E-state index < -0.39 is 9.84 Å². The van der Waals surface area contributed by atoms with Crippen molar-refractivity contribution in [3.05, 3.63) is 19.2 Å². The molecule has 92 valence electrons. The predicted molar refractivity (Wildman–Crippen MR) is 75.8 cm³/mol. The first-order valence-electron chi connectivity index (χ1n) is 4.69. The highest BCUT2D eigenvalue weighted by Crippen LogP contribution is 2.35. The van der Waals surface area contributed by atoms with Crippen LogP contribution in [0.2, 0.25) is 0 Å². The molecule has 7 heteroatoms. The lowest BCUT2D eigenvalue weighted by Gasteiger charge is -2.16. The van der Waals surface area contributed by atoms with E-state index in [1.165, 1.54) is 6.26 Å². The second-order valence-electron chi connectivity index (χ2n) is 3.48. The molecule has 1 atom stereocenters. The average molecular weight is 391 g/mol. The van der Waals surface area contributed by atoms with Gasteiger partial charge in [0, 0.05) is 12.3 Å². The topological polar surface area (TPSA) is 46.2 Å². The lowest BCUT2D eigenvalue weighted by molar-refractivity contribution is 0.563. The van der Waals surface area contributed by atoms with Gasteiger partial charge in [-0.3, -0.25) is 0 Å². The summed E-state index contributed by atoms with van der Waals surface area (Å²) in [5.74, 6) is 0.114. The third kappa shape index (κ3) is 4.44. The Morgan fingerprint density at radius 3 is 2.50 bits per heavy atom. The van der Waals surface area contributed by atoms with Gasteiger partial charge in [0.05, 0.1) is 13.3 Å². The van der Waals surface area contributed by atoms with Gasteiger partial charge in [-0.25, -0.2) is 8.42 Å². The fourth-order valence-electron chi connectivity index (χ4n) is 1.40. The van der Waals surface area contributed by atoms with Crippen LogP contribution < -0.4 is 5.32 Å². The molecule has 1 rings (SSSR count). The molecule has 0 fully saturated rings. The highest BCUT2D eigenvalue weighted by atomic mass is 79.9. The van der Waals surface area contributed by atoms with E-state index in [0.717, 1.165) is 19.7 Å². The minimum atomic E-state index is -3.00. The van der Waals surface area contributed by atoms with Crippen molar-refractivity contribution in [1.82, 2.24) is 5.32 Å². The van der Waals surface area contributed by atoms with Crippen molar-refractivity contribution >= 4 is 53.0 Å². The van der Waals surface area contributed by atoms with E-state index >= 15 is 0 Å². The number of thiophene rings is 1. The number of sulfone groups is 1. The summed E-state index contributed by atoms with van der Waals surface area (Å²) in [6.07, 6.45) is 1.26. The van der Waals surface area contributed by atoms with Crippen molar-refractivity contribution in [2.24, 2.45) is 0 Å². The summed E-state index contributed by atoms with van der Waals surface area (Å²) in [4.78, 5) is 0. The smallest absolute Gasteiger partial charge is 0.149 e. The Hall–Kier alpha value is 0.570. The molecular formula is C9H13Br2NO2S2. The van der Waals surface area contributed by atoms with E-state index in [1.54, 1.807) is 11.3 Å². The van der Waals surface area contributed by atoms with E-state index in [-0.39, 0.29) is 11.8 Å². The molecule has 3 nitrogen and oxygen atoms in total. The fraction of sp³-hybridized carbons (Fsp3) is 0.556. The second kappa shape index (κ2) is 5.95. The molecule has 0 spiro atoms. The lowest BCUT2D eigenvalue weighted by atomic mass is 10.2. The van der Waals surface area contributed by atoms with Gasteiger partial charge in [0.15, 0.2) is 0 Å². The van der Waals surface area contributed by atoms with E-state index in [1.807, 2.05) is 13.0 Å². The maximum absolute atomic E-state index is 11.3. The molecule has 1 N–H and O–H groups in total. The quantitative estimate of drug-likeness (QED) is 0.840. The highest BCUT2D eigenvalue weighted by Gasteiger charge is 2.20. The normalized spacial score (nSPS) is 14.0. The molecule has 0 aliphatic carbocycles. The minimum absolute atomic E-state index is 0.114. The summed E-state index contributed by atoms with van der Waals surface area (Å²) in [6, 6.07) is 1.80. The molecule has 16 heavy (non-hydrogen) atoms. The third-order valence-corrected chi connectivity index (χ3v) is 5.30. The Morgan fingerprint density at radius 2 is 2.12 bits per heavy atom. The Kier molecular flexibility index (Phi) is 5.44. The summed E-state index contributed by atoms with van der Waals surface area (Å²) < 4.78 is 24.6. The zero-order valence-electron chi connectivity index (χ0n) is 8.96. The predicted octanol–water partition coefficient (Wildman–Crippen LogP) is 2.97. The summed E-state index contributed by atoms with van der Waals surface area (Å²) in [6.45, 7) is 2.70. The monoisotopic (exact) mass is 389 g/mol. The van der Waals surface area contributed by atoms with Crippen molar-refractivity contribution in [3.8, 4) is 0 Å². The first-order valence-corrected chi connectivity index (χ1v) is 9.15. The largest absolute Gasteiger partial charge is 0.309 e. The Labute approximate surface area is 117 Å². The maximum Gasteiger partial charge on any atom is 0.149 e. The van der Waals surface area contributed by atoms with Crippen LogP contribution in [0.25, 0.3) is 0 Å². The molecule has 0 bridgehead atoms. The summed E-state index contributed by atoms with van der Waals surface area (Å²) in [5, 5.41) is 3.19. The van der Waals surface area contributed by atoms with Crippen LogP contribution in [0.5, 0.6) is 0 Å². The van der Waals surface area contributed by atoms with Crippen LogP contribution in [0, 0.1) is 0 Å². The van der Waals surface area contributed by atoms with Gasteiger partial charge in [0.25, 0.3) is 0 Å². The molecule has 0 aromatic carbocycles. The highest BCUT2D eigenvalue weighted by molar-refractivity contribution is 9.12. The van der Waals surface area contributed by atoms with Crippen LogP contribution in [0.15, 0.2) is 13.6 Å². The van der Waals surface area contributed by atoms with E-state index in [4.69, 9.17) is 0 Å². The van der Waals surface area contributed by atoms with E-state index in [9.17, 15) is 8.42 Å². The molecule has 0 radical (unpaired) electrons. The zero-order valence-corrected chi connectivity index (χ0v) is 13.8. The number of rotatable bonds is 5. The standard InChI is InChI=1S/C9H13Br2NO2S2/c1-3-12-7(5-16(2,13)14)6-4-8(10)15-9(6)11/h4,7,12H,3,5H2,1-2H3. The summed E-state index contributed by atoms with van der Waals surface area (Å²) in [5.41, 5.74) is 0.990. The van der Waals surface area contributed by atoms with Crippen molar-refractivity contribution in [3.63, 3.8) is 0 Å². The maximum atomic E-state index is 11.3. The van der Waals surface area contributed by atoms with E-state index in [0.29, 0.717) is 0 Å². The van der Waals surface area contributed by atoms with Crippen LogP contribution >= 0.6 is 43.2 Å². The van der Waals surface area contributed by atoms with Gasteiger partial charge in [-0.15, -0.1) is 11.3 Å². The van der Waals surface area contributed by atoms with Gasteiger partial charge in [-0.05, 0) is 50.0 Å². The van der Waals surface area contributed by atoms with Gasteiger partial charge < -0.3 is 5.32 Å². The first kappa shape index (κ1) is 14.6. The van der Waals surface area contributed by atoms with Crippen LogP contribution in [-0.2, 0) is 9.84 Å². The average Bonchev–Trinajstić information content (AvgIpc) is 2.42. The number of hydrogen-bond acceptors (Lipinski definition) is 4. The molecule has 0 aliphatic rings. The van der Waals surface area contributed by atoms with Crippen LogP contribution in [0.1, 0.15) is 18.5 Å². The molecule has 1 aromatic rings. The summed E-state index contributed by atoms with van der Waals surface area (Å²) >= 11 is 8.39. The van der Waals surface area contributed by atoms with Crippen LogP contribution in [-0.4, -0.2) is 27.0 Å². The van der Waals surface area contributed by atoms with Crippen molar-refractivity contribution in [2.75, 3.05) is 18.6 Å². The van der Waals surface area contributed by atoms with Crippen LogP contribution in [0.4, 0.5) is 0 Å². The molecule has 0 aliphatic heterocycles.